The number of benzene rings is 8. The summed E-state index contributed by atoms with van der Waals surface area (Å²) in [5.41, 5.74) is 0.965. The van der Waals surface area contributed by atoms with E-state index in [1.165, 1.54) is 23.5 Å². The van der Waals surface area contributed by atoms with Crippen molar-refractivity contribution in [2.45, 2.75) is 12.4 Å². The SMILES string of the molecule is FC(F)(F)c1cccc(-c2cc(-n3c4ccccc4c4ccc5c6ccccc6sc5c43)c(C(F)(F)F)cc2-n2c3ccccc3c3ccc4c5ccccc5sc4c32)c1. The van der Waals surface area contributed by atoms with Crippen molar-refractivity contribution in [3.8, 4) is 22.5 Å². The van der Waals surface area contributed by atoms with Gasteiger partial charge >= 0.3 is 12.4 Å². The quantitative estimate of drug-likeness (QED) is 0.157. The number of halogens is 6. The predicted octanol–water partition coefficient (Wildman–Crippen LogP) is 16.3. The molecule has 0 spiro atoms. The number of alkyl halides is 6. The molecule has 0 N–H and O–H groups in total. The van der Waals surface area contributed by atoms with Gasteiger partial charge in [-0.2, -0.15) is 26.3 Å². The highest BCUT2D eigenvalue weighted by atomic mass is 32.1. The van der Waals surface area contributed by atoms with Crippen LogP contribution in [0, 0.1) is 0 Å². The second kappa shape index (κ2) is 12.5. The van der Waals surface area contributed by atoms with Crippen LogP contribution in [-0.4, -0.2) is 9.13 Å². The molecule has 12 rings (SSSR count). The molecule has 0 bridgehead atoms. The number of hydrogen-bond donors (Lipinski definition) is 0. The van der Waals surface area contributed by atoms with Gasteiger partial charge in [0, 0.05) is 58.1 Å². The average molecular weight is 833 g/mol. The molecule has 0 amide bonds. The second-order valence-electron chi connectivity index (χ2n) is 15.0. The van der Waals surface area contributed by atoms with E-state index in [0.717, 1.165) is 80.1 Å². The minimum atomic E-state index is -4.88. The highest BCUT2D eigenvalue weighted by molar-refractivity contribution is 7.27. The fourth-order valence-corrected chi connectivity index (χ4v) is 11.7. The van der Waals surface area contributed by atoms with Crippen molar-refractivity contribution in [2.75, 3.05) is 0 Å². The molecule has 10 heteroatoms. The molecule has 4 aromatic heterocycles. The molecule has 0 saturated carbocycles. The Morgan fingerprint density at radius 3 is 1.40 bits per heavy atom. The Balaban J connectivity index is 1.29. The summed E-state index contributed by atoms with van der Waals surface area (Å²) in [4.78, 5) is 0. The van der Waals surface area contributed by atoms with Gasteiger partial charge in [0.05, 0.1) is 54.0 Å². The van der Waals surface area contributed by atoms with Crippen molar-refractivity contribution >= 4 is 107 Å². The third kappa shape index (κ3) is 5.01. The zero-order valence-corrected chi connectivity index (χ0v) is 32.6. The van der Waals surface area contributed by atoms with Crippen LogP contribution in [0.3, 0.4) is 0 Å². The van der Waals surface area contributed by atoms with Gasteiger partial charge in [-0.3, -0.25) is 0 Å². The molecule has 0 saturated heterocycles. The van der Waals surface area contributed by atoms with Gasteiger partial charge in [-0.15, -0.1) is 22.7 Å². The Kier molecular flexibility index (Phi) is 7.33. The van der Waals surface area contributed by atoms with E-state index in [1.807, 2.05) is 114 Å². The fraction of sp³-hybridized carbons (Fsp3) is 0.0400. The van der Waals surface area contributed by atoms with E-state index >= 15 is 13.2 Å². The third-order valence-corrected chi connectivity index (χ3v) is 14.1. The maximum Gasteiger partial charge on any atom is 0.418 e. The predicted molar refractivity (Wildman–Crippen MR) is 236 cm³/mol. The van der Waals surface area contributed by atoms with E-state index in [1.54, 1.807) is 34.1 Å². The number of aromatic nitrogens is 2. The van der Waals surface area contributed by atoms with Crippen LogP contribution >= 0.6 is 22.7 Å². The standard InChI is InChI=1S/C50H26F6N2S2/c51-49(52,53)28-11-9-10-27(24-28)37-25-42(58-40-17-6-2-13-30(40)34-21-23-36-32-15-4-8-19-44(32)60-48(36)46(34)58)38(50(54,55)56)26-41(37)57-39-16-5-1-12-29(39)33-20-22-35-31-14-3-7-18-43(31)59-47(35)45(33)57/h1-26H. The molecule has 0 aliphatic heterocycles. The third-order valence-electron chi connectivity index (χ3n) is 11.8. The monoisotopic (exact) mass is 832 g/mol. The number of para-hydroxylation sites is 2. The van der Waals surface area contributed by atoms with E-state index in [2.05, 4.69) is 0 Å². The number of rotatable bonds is 3. The van der Waals surface area contributed by atoms with Gasteiger partial charge in [-0.05, 0) is 54.1 Å². The van der Waals surface area contributed by atoms with Crippen molar-refractivity contribution in [3.05, 3.63) is 169 Å². The number of hydrogen-bond acceptors (Lipinski definition) is 2. The first-order valence-electron chi connectivity index (χ1n) is 19.1. The second-order valence-corrected chi connectivity index (χ2v) is 17.1. The highest BCUT2D eigenvalue weighted by Gasteiger charge is 2.38. The van der Waals surface area contributed by atoms with Crippen LogP contribution in [0.1, 0.15) is 11.1 Å². The van der Waals surface area contributed by atoms with Gasteiger partial charge in [0.25, 0.3) is 0 Å². The van der Waals surface area contributed by atoms with Crippen molar-refractivity contribution in [2.24, 2.45) is 0 Å². The van der Waals surface area contributed by atoms with Crippen molar-refractivity contribution in [1.82, 2.24) is 9.13 Å². The van der Waals surface area contributed by atoms with E-state index in [0.29, 0.717) is 22.1 Å². The van der Waals surface area contributed by atoms with Crippen LogP contribution in [0.15, 0.2) is 158 Å². The Morgan fingerprint density at radius 1 is 0.383 bits per heavy atom. The van der Waals surface area contributed by atoms with Gasteiger partial charge in [-0.25, -0.2) is 0 Å². The van der Waals surface area contributed by atoms with E-state index in [9.17, 15) is 13.2 Å². The molecule has 12 aromatic rings. The van der Waals surface area contributed by atoms with E-state index in [-0.39, 0.29) is 22.5 Å². The molecule has 0 atom stereocenters. The normalized spacial score (nSPS) is 12.8. The molecule has 2 nitrogen and oxygen atoms in total. The molecule has 60 heavy (non-hydrogen) atoms. The topological polar surface area (TPSA) is 9.86 Å². The van der Waals surface area contributed by atoms with Crippen LogP contribution in [-0.2, 0) is 12.4 Å². The molecule has 0 fully saturated rings. The first kappa shape index (κ1) is 35.3. The summed E-state index contributed by atoms with van der Waals surface area (Å²) in [6.07, 6.45) is -9.57. The zero-order valence-electron chi connectivity index (χ0n) is 31.0. The lowest BCUT2D eigenvalue weighted by atomic mass is 9.97. The van der Waals surface area contributed by atoms with Gasteiger partial charge in [0.15, 0.2) is 0 Å². The molecule has 0 unspecified atom stereocenters. The maximum atomic E-state index is 16.2. The molecular weight excluding hydrogens is 807 g/mol. The molecular formula is C50H26F6N2S2. The summed E-state index contributed by atoms with van der Waals surface area (Å²) >= 11 is 3.05. The lowest BCUT2D eigenvalue weighted by Crippen LogP contribution is -2.13. The Labute approximate surface area is 344 Å². The van der Waals surface area contributed by atoms with Gasteiger partial charge in [0.2, 0.25) is 0 Å². The molecule has 0 radical (unpaired) electrons. The molecule has 0 aliphatic rings. The Morgan fingerprint density at radius 2 is 0.867 bits per heavy atom. The van der Waals surface area contributed by atoms with Crippen LogP contribution in [0.2, 0.25) is 0 Å². The largest absolute Gasteiger partial charge is 0.418 e. The van der Waals surface area contributed by atoms with Crippen LogP contribution in [0.25, 0.3) is 106 Å². The van der Waals surface area contributed by atoms with Crippen molar-refractivity contribution < 1.29 is 26.3 Å². The lowest BCUT2D eigenvalue weighted by molar-refractivity contribution is -0.138. The van der Waals surface area contributed by atoms with Crippen molar-refractivity contribution in [1.29, 1.82) is 0 Å². The molecule has 290 valence electrons. The first-order valence-corrected chi connectivity index (χ1v) is 20.8. The average Bonchev–Trinajstić information content (AvgIpc) is 4.00. The molecule has 8 aromatic carbocycles. The molecule has 0 aliphatic carbocycles. The highest BCUT2D eigenvalue weighted by Crippen LogP contribution is 2.49. The summed E-state index contributed by atoms with van der Waals surface area (Å²) in [5.74, 6) is 0. The Bertz CT molecular complexity index is 3770. The fourth-order valence-electron chi connectivity index (χ4n) is 9.23. The molecule has 4 heterocycles. The van der Waals surface area contributed by atoms with Gasteiger partial charge in [0.1, 0.15) is 0 Å². The number of fused-ring (bicyclic) bond motifs is 14. The minimum Gasteiger partial charge on any atom is -0.307 e. The summed E-state index contributed by atoms with van der Waals surface area (Å²) in [6, 6.07) is 46.2. The maximum absolute atomic E-state index is 16.2. The number of nitrogens with zero attached hydrogens (tertiary/aromatic N) is 2. The summed E-state index contributed by atoms with van der Waals surface area (Å²) in [7, 11) is 0. The van der Waals surface area contributed by atoms with Crippen LogP contribution in [0.4, 0.5) is 26.3 Å². The summed E-state index contributed by atoms with van der Waals surface area (Å²) < 4.78 is 99.1. The lowest BCUT2D eigenvalue weighted by Gasteiger charge is -2.22. The van der Waals surface area contributed by atoms with Gasteiger partial charge < -0.3 is 9.13 Å². The summed E-state index contributed by atoms with van der Waals surface area (Å²) in [6.45, 7) is 0. The van der Waals surface area contributed by atoms with Crippen molar-refractivity contribution in [3.63, 3.8) is 0 Å². The smallest absolute Gasteiger partial charge is 0.307 e. The zero-order chi connectivity index (χ0) is 40.7. The van der Waals surface area contributed by atoms with E-state index < -0.39 is 23.5 Å². The summed E-state index contributed by atoms with van der Waals surface area (Å²) in [5, 5.41) is 7.04. The Hall–Kier alpha value is -6.62. The van der Waals surface area contributed by atoms with Gasteiger partial charge in [-0.1, -0.05) is 109 Å². The first-order chi connectivity index (χ1) is 29.0. The number of thiophene rings is 2. The van der Waals surface area contributed by atoms with Crippen LogP contribution in [0.5, 0.6) is 0 Å². The van der Waals surface area contributed by atoms with E-state index in [4.69, 9.17) is 0 Å². The minimum absolute atomic E-state index is 0.120. The van der Waals surface area contributed by atoms with Crippen LogP contribution < -0.4 is 0 Å².